The van der Waals surface area contributed by atoms with Crippen molar-refractivity contribution >= 4 is 34.4 Å². The van der Waals surface area contributed by atoms with Gasteiger partial charge in [-0.3, -0.25) is 4.79 Å². The van der Waals surface area contributed by atoms with Gasteiger partial charge < -0.3 is 10.1 Å². The monoisotopic (exact) mass is 311 g/mol. The Labute approximate surface area is 131 Å². The van der Waals surface area contributed by atoms with Crippen LogP contribution in [0.3, 0.4) is 0 Å². The number of ether oxygens (including phenoxy) is 1. The van der Waals surface area contributed by atoms with Crippen molar-refractivity contribution in [3.05, 3.63) is 48.0 Å². The molecule has 110 valence electrons. The summed E-state index contributed by atoms with van der Waals surface area (Å²) in [5.74, 6) is 0.665. The van der Waals surface area contributed by atoms with Crippen LogP contribution in [0.2, 0.25) is 0 Å². The lowest BCUT2D eigenvalue weighted by Gasteiger charge is -2.24. The molecule has 1 amide bonds. The number of benzene rings is 2. The number of fused-ring (bicyclic) bond motifs is 2. The molecular weight excluding hydrogens is 298 g/mol. The van der Waals surface area contributed by atoms with Crippen LogP contribution in [0.4, 0.5) is 5.69 Å². The van der Waals surface area contributed by atoms with Gasteiger partial charge in [-0.2, -0.15) is 8.75 Å². The second kappa shape index (κ2) is 5.38. The first kappa shape index (κ1) is 13.2. The zero-order chi connectivity index (χ0) is 14.9. The summed E-state index contributed by atoms with van der Waals surface area (Å²) >= 11 is 1.17. The molecule has 3 aromatic rings. The molecule has 1 atom stereocenters. The molecule has 0 aliphatic carbocycles. The number of hydrogen-bond donors (Lipinski definition) is 1. The third-order valence-electron chi connectivity index (χ3n) is 3.77. The highest BCUT2D eigenvalue weighted by Crippen LogP contribution is 2.27. The Morgan fingerprint density at radius 2 is 2.05 bits per heavy atom. The molecule has 0 radical (unpaired) electrons. The van der Waals surface area contributed by atoms with E-state index in [4.69, 9.17) is 4.74 Å². The van der Waals surface area contributed by atoms with Crippen molar-refractivity contribution in [2.45, 2.75) is 6.42 Å². The molecule has 1 aliphatic rings. The average Bonchev–Trinajstić information content (AvgIpc) is 3.02. The van der Waals surface area contributed by atoms with Gasteiger partial charge in [-0.25, -0.2) is 0 Å². The number of para-hydroxylation sites is 1. The number of amides is 1. The fourth-order valence-electron chi connectivity index (χ4n) is 2.60. The van der Waals surface area contributed by atoms with E-state index >= 15 is 0 Å². The normalized spacial score (nSPS) is 16.8. The first-order valence-electron chi connectivity index (χ1n) is 7.03. The van der Waals surface area contributed by atoms with Gasteiger partial charge in [-0.05, 0) is 36.2 Å². The van der Waals surface area contributed by atoms with E-state index in [0.29, 0.717) is 13.0 Å². The molecule has 2 aromatic carbocycles. The zero-order valence-corrected chi connectivity index (χ0v) is 12.5. The summed E-state index contributed by atoms with van der Waals surface area (Å²) < 4.78 is 14.0. The minimum atomic E-state index is -0.181. The van der Waals surface area contributed by atoms with Crippen LogP contribution in [0, 0.1) is 5.92 Å². The summed E-state index contributed by atoms with van der Waals surface area (Å²) in [4.78, 5) is 12.4. The van der Waals surface area contributed by atoms with Crippen LogP contribution >= 0.6 is 11.7 Å². The molecule has 0 unspecified atom stereocenters. The lowest BCUT2D eigenvalue weighted by Crippen LogP contribution is -2.32. The van der Waals surface area contributed by atoms with Gasteiger partial charge in [0.15, 0.2) is 0 Å². The molecule has 1 aromatic heterocycles. The lowest BCUT2D eigenvalue weighted by molar-refractivity contribution is -0.121. The van der Waals surface area contributed by atoms with Gasteiger partial charge >= 0.3 is 0 Å². The molecule has 0 spiro atoms. The van der Waals surface area contributed by atoms with Gasteiger partial charge in [-0.1, -0.05) is 18.2 Å². The van der Waals surface area contributed by atoms with Crippen molar-refractivity contribution in [3.63, 3.8) is 0 Å². The van der Waals surface area contributed by atoms with Gasteiger partial charge in [-0.15, -0.1) is 0 Å². The second-order valence-corrected chi connectivity index (χ2v) is 5.81. The van der Waals surface area contributed by atoms with Crippen molar-refractivity contribution in [3.8, 4) is 5.75 Å². The quantitative estimate of drug-likeness (QED) is 0.790. The zero-order valence-electron chi connectivity index (χ0n) is 11.7. The number of rotatable bonds is 2. The highest BCUT2D eigenvalue weighted by atomic mass is 32.1. The molecule has 0 fully saturated rings. The third-order valence-corrected chi connectivity index (χ3v) is 4.33. The number of carbonyl (C=O) groups is 1. The number of hydrogen-bond acceptors (Lipinski definition) is 5. The number of carbonyl (C=O) groups excluding carboxylic acids is 1. The smallest absolute Gasteiger partial charge is 0.231 e. The molecule has 4 rings (SSSR count). The second-order valence-electron chi connectivity index (χ2n) is 5.28. The van der Waals surface area contributed by atoms with E-state index in [2.05, 4.69) is 14.1 Å². The standard InChI is InChI=1S/C16H13N3O2S/c20-16(11-7-10-3-1-2-4-15(10)21-9-11)17-12-5-6-13-14(8-12)19-22-18-13/h1-6,8,11H,7,9H2,(H,17,20)/t11-/m1/s1. The summed E-state index contributed by atoms with van der Waals surface area (Å²) in [7, 11) is 0. The summed E-state index contributed by atoms with van der Waals surface area (Å²) in [5.41, 5.74) is 3.46. The van der Waals surface area contributed by atoms with E-state index in [1.54, 1.807) is 0 Å². The topological polar surface area (TPSA) is 64.1 Å². The maximum absolute atomic E-state index is 12.4. The maximum atomic E-state index is 12.4. The van der Waals surface area contributed by atoms with Gasteiger partial charge in [0, 0.05) is 5.69 Å². The molecule has 1 N–H and O–H groups in total. The van der Waals surface area contributed by atoms with Crippen molar-refractivity contribution in [1.29, 1.82) is 0 Å². The van der Waals surface area contributed by atoms with Crippen molar-refractivity contribution in [2.75, 3.05) is 11.9 Å². The molecule has 6 heteroatoms. The Morgan fingerprint density at radius 1 is 1.18 bits per heavy atom. The predicted molar refractivity (Wildman–Crippen MR) is 85.2 cm³/mol. The van der Waals surface area contributed by atoms with Gasteiger partial charge in [0.1, 0.15) is 23.4 Å². The average molecular weight is 311 g/mol. The van der Waals surface area contributed by atoms with E-state index < -0.39 is 0 Å². The summed E-state index contributed by atoms with van der Waals surface area (Å²) in [6.45, 7) is 0.406. The van der Waals surface area contributed by atoms with Crippen molar-refractivity contribution in [1.82, 2.24) is 8.75 Å². The van der Waals surface area contributed by atoms with Crippen LogP contribution < -0.4 is 10.1 Å². The Balaban J connectivity index is 1.50. The Kier molecular flexibility index (Phi) is 3.23. The maximum Gasteiger partial charge on any atom is 0.231 e. The number of anilines is 1. The Hall–Kier alpha value is -2.47. The summed E-state index contributed by atoms with van der Waals surface area (Å²) in [5, 5.41) is 2.94. The van der Waals surface area contributed by atoms with Crippen molar-refractivity contribution < 1.29 is 9.53 Å². The summed E-state index contributed by atoms with van der Waals surface area (Å²) in [6, 6.07) is 13.4. The molecule has 0 saturated heterocycles. The minimum Gasteiger partial charge on any atom is -0.492 e. The van der Waals surface area contributed by atoms with Crippen LogP contribution in [-0.4, -0.2) is 21.3 Å². The van der Waals surface area contributed by atoms with E-state index in [0.717, 1.165) is 28.0 Å². The van der Waals surface area contributed by atoms with E-state index in [9.17, 15) is 4.79 Å². The lowest BCUT2D eigenvalue weighted by atomic mass is 9.96. The fourth-order valence-corrected chi connectivity index (χ4v) is 3.12. The van der Waals surface area contributed by atoms with E-state index in [1.807, 2.05) is 42.5 Å². The molecular formula is C16H13N3O2S. The van der Waals surface area contributed by atoms with Crippen LogP contribution in [-0.2, 0) is 11.2 Å². The highest BCUT2D eigenvalue weighted by Gasteiger charge is 2.25. The van der Waals surface area contributed by atoms with E-state index in [1.165, 1.54) is 11.7 Å². The molecule has 5 nitrogen and oxygen atoms in total. The van der Waals surface area contributed by atoms with Gasteiger partial charge in [0.2, 0.25) is 5.91 Å². The highest BCUT2D eigenvalue weighted by molar-refractivity contribution is 7.00. The van der Waals surface area contributed by atoms with Gasteiger partial charge in [0.05, 0.1) is 17.6 Å². The molecule has 0 saturated carbocycles. The Morgan fingerprint density at radius 3 is 3.00 bits per heavy atom. The fraction of sp³-hybridized carbons (Fsp3) is 0.188. The molecule has 22 heavy (non-hydrogen) atoms. The van der Waals surface area contributed by atoms with Crippen LogP contribution in [0.1, 0.15) is 5.56 Å². The largest absolute Gasteiger partial charge is 0.492 e. The van der Waals surface area contributed by atoms with Crippen LogP contribution in [0.5, 0.6) is 5.75 Å². The first-order valence-corrected chi connectivity index (χ1v) is 7.76. The summed E-state index contributed by atoms with van der Waals surface area (Å²) in [6.07, 6.45) is 0.697. The van der Waals surface area contributed by atoms with Crippen LogP contribution in [0.25, 0.3) is 11.0 Å². The number of nitrogens with zero attached hydrogens (tertiary/aromatic N) is 2. The molecule has 0 bridgehead atoms. The third kappa shape index (κ3) is 2.42. The van der Waals surface area contributed by atoms with E-state index in [-0.39, 0.29) is 11.8 Å². The van der Waals surface area contributed by atoms with Crippen molar-refractivity contribution in [2.24, 2.45) is 5.92 Å². The number of aromatic nitrogens is 2. The molecule has 2 heterocycles. The SMILES string of the molecule is O=C(Nc1ccc2nsnc2c1)[C@H]1COc2ccccc2C1. The number of nitrogens with one attached hydrogen (secondary N) is 1. The predicted octanol–water partition coefficient (Wildman–Crippen LogP) is 2.88. The minimum absolute atomic E-state index is 0.0305. The Bertz CT molecular complexity index is 846. The first-order chi connectivity index (χ1) is 10.8. The van der Waals surface area contributed by atoms with Crippen LogP contribution in [0.15, 0.2) is 42.5 Å². The molecule has 1 aliphatic heterocycles. The van der Waals surface area contributed by atoms with Gasteiger partial charge in [0.25, 0.3) is 0 Å².